The lowest BCUT2D eigenvalue weighted by Crippen LogP contribution is -2.36. The van der Waals surface area contributed by atoms with Crippen LogP contribution in [0.15, 0.2) is 12.4 Å². The molecule has 92 valence electrons. The minimum absolute atomic E-state index is 0.205. The van der Waals surface area contributed by atoms with Crippen LogP contribution in [0.3, 0.4) is 0 Å². The molecule has 2 rings (SSSR count). The molecule has 0 saturated carbocycles. The van der Waals surface area contributed by atoms with Crippen molar-refractivity contribution in [1.82, 2.24) is 14.9 Å². The van der Waals surface area contributed by atoms with Crippen molar-refractivity contribution in [3.05, 3.63) is 23.2 Å². The number of rotatable bonds is 3. The minimum atomic E-state index is -0.692. The lowest BCUT2D eigenvalue weighted by molar-refractivity contribution is -0.143. The van der Waals surface area contributed by atoms with E-state index in [-0.39, 0.29) is 5.92 Å². The highest BCUT2D eigenvalue weighted by Crippen LogP contribution is 2.20. The zero-order valence-electron chi connectivity index (χ0n) is 9.34. The number of nitrogens with zero attached hydrogens (tertiary/aromatic N) is 3. The zero-order valence-corrected chi connectivity index (χ0v) is 10.1. The molecule has 2 heterocycles. The summed E-state index contributed by atoms with van der Waals surface area (Å²) in [4.78, 5) is 21.1. The number of hydrogen-bond donors (Lipinski definition) is 1. The Hall–Kier alpha value is -1.20. The third-order valence-electron chi connectivity index (χ3n) is 3.03. The number of halogens is 1. The van der Waals surface area contributed by atoms with Gasteiger partial charge in [-0.2, -0.15) is 0 Å². The van der Waals surface area contributed by atoms with Crippen LogP contribution in [0.1, 0.15) is 18.5 Å². The topological polar surface area (TPSA) is 66.3 Å². The average molecular weight is 256 g/mol. The highest BCUT2D eigenvalue weighted by Gasteiger charge is 2.24. The van der Waals surface area contributed by atoms with Crippen molar-refractivity contribution in [2.45, 2.75) is 19.4 Å². The van der Waals surface area contributed by atoms with Crippen LogP contribution < -0.4 is 0 Å². The first-order valence-electron chi connectivity index (χ1n) is 5.57. The number of hydrogen-bond acceptors (Lipinski definition) is 4. The normalized spacial score (nSPS) is 18.2. The van der Waals surface area contributed by atoms with Crippen LogP contribution in [0.25, 0.3) is 0 Å². The fraction of sp³-hybridized carbons (Fsp3) is 0.545. The van der Waals surface area contributed by atoms with Gasteiger partial charge in [-0.25, -0.2) is 4.98 Å². The second-order valence-electron chi connectivity index (χ2n) is 4.18. The summed E-state index contributed by atoms with van der Waals surface area (Å²) in [6.45, 7) is 2.17. The van der Waals surface area contributed by atoms with Crippen molar-refractivity contribution >= 4 is 17.6 Å². The van der Waals surface area contributed by atoms with Crippen molar-refractivity contribution in [3.8, 4) is 0 Å². The molecule has 0 spiro atoms. The van der Waals surface area contributed by atoms with Crippen LogP contribution in [0.4, 0.5) is 0 Å². The summed E-state index contributed by atoms with van der Waals surface area (Å²) in [5, 5.41) is 9.32. The molecule has 0 amide bonds. The van der Waals surface area contributed by atoms with Gasteiger partial charge in [-0.3, -0.25) is 14.7 Å². The molecule has 0 atom stereocenters. The van der Waals surface area contributed by atoms with E-state index < -0.39 is 5.97 Å². The number of likely N-dealkylation sites (tertiary alicyclic amines) is 1. The van der Waals surface area contributed by atoms with Crippen LogP contribution in [-0.2, 0) is 11.3 Å². The fourth-order valence-electron chi connectivity index (χ4n) is 2.01. The zero-order chi connectivity index (χ0) is 12.3. The summed E-state index contributed by atoms with van der Waals surface area (Å²) < 4.78 is 0. The van der Waals surface area contributed by atoms with Gasteiger partial charge in [-0.1, -0.05) is 11.6 Å². The summed E-state index contributed by atoms with van der Waals surface area (Å²) in [5.74, 6) is -0.897. The van der Waals surface area contributed by atoms with Crippen molar-refractivity contribution in [2.24, 2.45) is 5.92 Å². The summed E-state index contributed by atoms with van der Waals surface area (Å²) in [5.41, 5.74) is 0.753. The Morgan fingerprint density at radius 3 is 2.65 bits per heavy atom. The SMILES string of the molecule is O=C(O)C1CCN(Cc2nccnc2Cl)CC1. The third-order valence-corrected chi connectivity index (χ3v) is 3.35. The molecular formula is C11H14ClN3O2. The minimum Gasteiger partial charge on any atom is -0.481 e. The number of carbonyl (C=O) groups is 1. The first-order valence-corrected chi connectivity index (χ1v) is 5.95. The molecule has 6 heteroatoms. The van der Waals surface area contributed by atoms with E-state index in [1.807, 2.05) is 0 Å². The van der Waals surface area contributed by atoms with Crippen molar-refractivity contribution in [3.63, 3.8) is 0 Å². The molecule has 0 bridgehead atoms. The number of carboxylic acid groups (broad SMARTS) is 1. The number of carboxylic acids is 1. The maximum atomic E-state index is 10.8. The van der Waals surface area contributed by atoms with E-state index in [9.17, 15) is 4.79 Å². The maximum Gasteiger partial charge on any atom is 0.306 e. The van der Waals surface area contributed by atoms with Crippen molar-refractivity contribution in [2.75, 3.05) is 13.1 Å². The second kappa shape index (κ2) is 5.42. The Balaban J connectivity index is 1.90. The largest absolute Gasteiger partial charge is 0.481 e. The van der Waals surface area contributed by atoms with Gasteiger partial charge >= 0.3 is 5.97 Å². The summed E-state index contributed by atoms with van der Waals surface area (Å²) in [6, 6.07) is 0. The number of aromatic nitrogens is 2. The highest BCUT2D eigenvalue weighted by molar-refractivity contribution is 6.29. The number of piperidine rings is 1. The van der Waals surface area contributed by atoms with E-state index in [1.165, 1.54) is 0 Å². The Morgan fingerprint density at radius 1 is 1.41 bits per heavy atom. The van der Waals surface area contributed by atoms with E-state index >= 15 is 0 Å². The Bertz CT molecular complexity index is 405. The Labute approximate surface area is 104 Å². The molecule has 0 aromatic carbocycles. The van der Waals surface area contributed by atoms with Crippen molar-refractivity contribution < 1.29 is 9.90 Å². The fourth-order valence-corrected chi connectivity index (χ4v) is 2.17. The van der Waals surface area contributed by atoms with Gasteiger partial charge in [0.05, 0.1) is 11.6 Å². The van der Waals surface area contributed by atoms with Gasteiger partial charge in [-0.05, 0) is 25.9 Å². The molecule has 0 unspecified atom stereocenters. The van der Waals surface area contributed by atoms with Crippen LogP contribution >= 0.6 is 11.6 Å². The summed E-state index contributed by atoms with van der Waals surface area (Å²) in [7, 11) is 0. The van der Waals surface area contributed by atoms with Gasteiger partial charge < -0.3 is 5.11 Å². The predicted octanol–water partition coefficient (Wildman–Crippen LogP) is 1.43. The quantitative estimate of drug-likeness (QED) is 0.885. The van der Waals surface area contributed by atoms with Crippen LogP contribution in [0.5, 0.6) is 0 Å². The first-order chi connectivity index (χ1) is 8.16. The molecule has 1 aliphatic heterocycles. The number of aliphatic carboxylic acids is 1. The Kier molecular flexibility index (Phi) is 3.91. The van der Waals surface area contributed by atoms with Gasteiger partial charge in [-0.15, -0.1) is 0 Å². The van der Waals surface area contributed by atoms with Crippen LogP contribution in [-0.4, -0.2) is 39.0 Å². The lowest BCUT2D eigenvalue weighted by Gasteiger charge is -2.29. The maximum absolute atomic E-state index is 10.8. The monoisotopic (exact) mass is 255 g/mol. The standard InChI is InChI=1S/C11H14ClN3O2/c12-10-9(13-3-4-14-10)7-15-5-1-8(2-6-15)11(16)17/h3-4,8H,1-2,5-7H2,(H,16,17). The van der Waals surface area contributed by atoms with Crippen molar-refractivity contribution in [1.29, 1.82) is 0 Å². The van der Waals surface area contributed by atoms with Gasteiger partial charge in [0.15, 0.2) is 5.15 Å². The molecule has 1 aromatic heterocycles. The average Bonchev–Trinajstić information content (AvgIpc) is 2.33. The molecule has 1 N–H and O–H groups in total. The van der Waals surface area contributed by atoms with E-state index in [1.54, 1.807) is 12.4 Å². The third kappa shape index (κ3) is 3.14. The Morgan fingerprint density at radius 2 is 2.06 bits per heavy atom. The summed E-state index contributed by atoms with van der Waals surface area (Å²) >= 11 is 5.93. The van der Waals surface area contributed by atoms with E-state index in [4.69, 9.17) is 16.7 Å². The molecule has 0 radical (unpaired) electrons. The van der Waals surface area contributed by atoms with Gasteiger partial charge in [0, 0.05) is 18.9 Å². The molecule has 1 aliphatic rings. The van der Waals surface area contributed by atoms with Gasteiger partial charge in [0.1, 0.15) is 0 Å². The van der Waals surface area contributed by atoms with E-state index in [0.29, 0.717) is 24.5 Å². The molecule has 0 aliphatic carbocycles. The van der Waals surface area contributed by atoms with Crippen LogP contribution in [0, 0.1) is 5.92 Å². The molecule has 17 heavy (non-hydrogen) atoms. The molecule has 1 saturated heterocycles. The summed E-state index contributed by atoms with van der Waals surface area (Å²) in [6.07, 6.45) is 4.55. The predicted molar refractivity (Wildman–Crippen MR) is 62.7 cm³/mol. The first kappa shape index (κ1) is 12.3. The van der Waals surface area contributed by atoms with Gasteiger partial charge in [0.2, 0.25) is 0 Å². The molecule has 5 nitrogen and oxygen atoms in total. The molecule has 1 fully saturated rings. The van der Waals surface area contributed by atoms with Crippen LogP contribution in [0.2, 0.25) is 5.15 Å². The smallest absolute Gasteiger partial charge is 0.306 e. The van der Waals surface area contributed by atoms with Gasteiger partial charge in [0.25, 0.3) is 0 Å². The second-order valence-corrected chi connectivity index (χ2v) is 4.54. The van der Waals surface area contributed by atoms with E-state index in [2.05, 4.69) is 14.9 Å². The lowest BCUT2D eigenvalue weighted by atomic mass is 9.97. The van der Waals surface area contributed by atoms with E-state index in [0.717, 1.165) is 18.8 Å². The molecule has 1 aromatic rings. The highest BCUT2D eigenvalue weighted by atomic mass is 35.5. The molecular weight excluding hydrogens is 242 g/mol.